The molecule has 0 N–H and O–H groups in total. The number of nitrogens with zero attached hydrogens (tertiary/aromatic N) is 1. The van der Waals surface area contributed by atoms with Crippen LogP contribution >= 0.6 is 0 Å². The average molecular weight is 283 g/mol. The van der Waals surface area contributed by atoms with E-state index < -0.39 is 0 Å². The zero-order valence-electron chi connectivity index (χ0n) is 12.3. The molecule has 3 aromatic rings. The van der Waals surface area contributed by atoms with Crippen molar-refractivity contribution in [3.05, 3.63) is 71.8 Å². The van der Waals surface area contributed by atoms with Gasteiger partial charge in [-0.2, -0.15) is 0 Å². The molecule has 2 heterocycles. The molecule has 22 heavy (non-hydrogen) atoms. The molecule has 2 aliphatic rings. The standard InChI is InChI=1S/C19H14BNO/c20-14-10-13-9-12-5-1-2-6-15(12)21-16-7-3-4-8-17(16)22-18(11-14)19(13)21/h1-8,10-11H,9,20H2. The summed E-state index contributed by atoms with van der Waals surface area (Å²) in [6.07, 6.45) is 0.961. The molecule has 0 saturated carbocycles. The van der Waals surface area contributed by atoms with E-state index >= 15 is 0 Å². The summed E-state index contributed by atoms with van der Waals surface area (Å²) in [5, 5.41) is 0. The summed E-state index contributed by atoms with van der Waals surface area (Å²) in [6.45, 7) is 0. The summed E-state index contributed by atoms with van der Waals surface area (Å²) in [5.41, 5.74) is 7.52. The third-order valence-corrected chi connectivity index (χ3v) is 4.46. The first-order valence-corrected chi connectivity index (χ1v) is 7.60. The second-order valence-electron chi connectivity index (χ2n) is 5.98. The predicted molar refractivity (Wildman–Crippen MR) is 92.2 cm³/mol. The van der Waals surface area contributed by atoms with Gasteiger partial charge in [0.25, 0.3) is 0 Å². The van der Waals surface area contributed by atoms with E-state index in [0.717, 1.165) is 23.6 Å². The maximum atomic E-state index is 6.18. The number of benzene rings is 3. The van der Waals surface area contributed by atoms with Crippen molar-refractivity contribution in [2.24, 2.45) is 0 Å². The molecule has 3 heteroatoms. The third kappa shape index (κ3) is 1.51. The van der Waals surface area contributed by atoms with Crippen LogP contribution in [0.1, 0.15) is 11.1 Å². The molecular formula is C19H14BNO. The Morgan fingerprint density at radius 3 is 2.50 bits per heavy atom. The average Bonchev–Trinajstić information content (AvgIpc) is 2.54. The van der Waals surface area contributed by atoms with Gasteiger partial charge in [0.05, 0.1) is 11.4 Å². The maximum Gasteiger partial charge on any atom is 0.151 e. The number of rotatable bonds is 0. The molecule has 2 aliphatic heterocycles. The molecule has 0 atom stereocenters. The van der Waals surface area contributed by atoms with Crippen molar-refractivity contribution in [3.8, 4) is 11.5 Å². The number of para-hydroxylation sites is 3. The van der Waals surface area contributed by atoms with Gasteiger partial charge in [-0.05, 0) is 35.4 Å². The molecule has 104 valence electrons. The Morgan fingerprint density at radius 2 is 1.59 bits per heavy atom. The second-order valence-corrected chi connectivity index (χ2v) is 5.98. The van der Waals surface area contributed by atoms with Crippen LogP contribution in [-0.2, 0) is 6.42 Å². The van der Waals surface area contributed by atoms with Crippen molar-refractivity contribution in [2.75, 3.05) is 4.90 Å². The zero-order chi connectivity index (χ0) is 14.7. The summed E-state index contributed by atoms with van der Waals surface area (Å²) in [7, 11) is 2.13. The van der Waals surface area contributed by atoms with Crippen LogP contribution in [0.5, 0.6) is 11.5 Å². The summed E-state index contributed by atoms with van der Waals surface area (Å²) >= 11 is 0. The number of hydrogen-bond acceptors (Lipinski definition) is 2. The van der Waals surface area contributed by atoms with Crippen molar-refractivity contribution in [3.63, 3.8) is 0 Å². The van der Waals surface area contributed by atoms with E-state index in [-0.39, 0.29) is 0 Å². The van der Waals surface area contributed by atoms with Gasteiger partial charge in [-0.3, -0.25) is 0 Å². The largest absolute Gasteiger partial charge is 0.453 e. The van der Waals surface area contributed by atoms with Gasteiger partial charge in [-0.1, -0.05) is 41.9 Å². The van der Waals surface area contributed by atoms with E-state index in [2.05, 4.69) is 61.3 Å². The molecule has 0 fully saturated rings. The van der Waals surface area contributed by atoms with Gasteiger partial charge in [0.15, 0.2) is 11.5 Å². The first kappa shape index (κ1) is 11.9. The molecule has 5 rings (SSSR count). The second kappa shape index (κ2) is 4.17. The highest BCUT2D eigenvalue weighted by Gasteiger charge is 2.32. The van der Waals surface area contributed by atoms with Crippen molar-refractivity contribution in [1.82, 2.24) is 0 Å². The smallest absolute Gasteiger partial charge is 0.151 e. The highest BCUT2D eigenvalue weighted by molar-refractivity contribution is 6.32. The van der Waals surface area contributed by atoms with Gasteiger partial charge < -0.3 is 9.64 Å². The van der Waals surface area contributed by atoms with Gasteiger partial charge in [0, 0.05) is 12.1 Å². The fraction of sp³-hybridized carbons (Fsp3) is 0.0526. The molecule has 0 amide bonds. The molecule has 0 radical (unpaired) electrons. The molecule has 0 unspecified atom stereocenters. The van der Waals surface area contributed by atoms with E-state index in [1.54, 1.807) is 0 Å². The Labute approximate surface area is 130 Å². The van der Waals surface area contributed by atoms with Crippen LogP contribution in [0.25, 0.3) is 0 Å². The van der Waals surface area contributed by atoms with E-state index in [9.17, 15) is 0 Å². The minimum atomic E-state index is 0.920. The molecule has 0 aliphatic carbocycles. The SMILES string of the molecule is Bc1cc2c3c(c1)Oc1ccccc1N3c1ccccc1C2. The van der Waals surface area contributed by atoms with Gasteiger partial charge in [-0.15, -0.1) is 0 Å². The molecule has 0 saturated heterocycles. The number of anilines is 3. The third-order valence-electron chi connectivity index (χ3n) is 4.46. The van der Waals surface area contributed by atoms with Gasteiger partial charge in [0.1, 0.15) is 7.85 Å². The lowest BCUT2D eigenvalue weighted by atomic mass is 9.87. The topological polar surface area (TPSA) is 12.5 Å². The molecule has 0 bridgehead atoms. The fourth-order valence-corrected chi connectivity index (χ4v) is 3.59. The summed E-state index contributed by atoms with van der Waals surface area (Å²) < 4.78 is 6.18. The Morgan fingerprint density at radius 1 is 0.818 bits per heavy atom. The van der Waals surface area contributed by atoms with Crippen LogP contribution in [0.3, 0.4) is 0 Å². The van der Waals surface area contributed by atoms with E-state index in [1.165, 1.54) is 28.0 Å². The molecule has 0 aromatic heterocycles. The van der Waals surface area contributed by atoms with E-state index in [0.29, 0.717) is 0 Å². The Bertz CT molecular complexity index is 848. The summed E-state index contributed by atoms with van der Waals surface area (Å²) in [5.74, 6) is 1.88. The molecular weight excluding hydrogens is 269 g/mol. The van der Waals surface area contributed by atoms with Crippen molar-refractivity contribution < 1.29 is 4.74 Å². The van der Waals surface area contributed by atoms with Gasteiger partial charge in [0.2, 0.25) is 0 Å². The maximum absolute atomic E-state index is 6.18. The monoisotopic (exact) mass is 283 g/mol. The van der Waals surface area contributed by atoms with Crippen molar-refractivity contribution in [2.45, 2.75) is 6.42 Å². The Hall–Kier alpha value is -2.68. The van der Waals surface area contributed by atoms with Gasteiger partial charge in [-0.25, -0.2) is 0 Å². The van der Waals surface area contributed by atoms with Crippen LogP contribution < -0.4 is 15.1 Å². The van der Waals surface area contributed by atoms with E-state index in [4.69, 9.17) is 4.74 Å². The lowest BCUT2D eigenvalue weighted by molar-refractivity contribution is 0.476. The lowest BCUT2D eigenvalue weighted by Crippen LogP contribution is -2.24. The highest BCUT2D eigenvalue weighted by atomic mass is 16.5. The number of fused-ring (bicyclic) bond motifs is 4. The van der Waals surface area contributed by atoms with Crippen LogP contribution in [0.4, 0.5) is 17.1 Å². The van der Waals surface area contributed by atoms with Crippen LogP contribution in [0.2, 0.25) is 0 Å². The summed E-state index contributed by atoms with van der Waals surface area (Å²) in [4.78, 5) is 2.35. The quantitative estimate of drug-likeness (QED) is 0.404. The van der Waals surface area contributed by atoms with Crippen molar-refractivity contribution >= 4 is 30.4 Å². The van der Waals surface area contributed by atoms with Gasteiger partial charge >= 0.3 is 0 Å². The Balaban J connectivity index is 1.88. The fourth-order valence-electron chi connectivity index (χ4n) is 3.59. The normalized spacial score (nSPS) is 13.7. The highest BCUT2D eigenvalue weighted by Crippen LogP contribution is 2.54. The molecule has 0 spiro atoms. The van der Waals surface area contributed by atoms with Crippen LogP contribution in [0, 0.1) is 0 Å². The van der Waals surface area contributed by atoms with Crippen LogP contribution in [-0.4, -0.2) is 7.85 Å². The first-order chi connectivity index (χ1) is 10.8. The minimum absolute atomic E-state index is 0.920. The van der Waals surface area contributed by atoms with Crippen LogP contribution in [0.15, 0.2) is 60.7 Å². The Kier molecular flexibility index (Phi) is 2.26. The van der Waals surface area contributed by atoms with Crippen molar-refractivity contribution in [1.29, 1.82) is 0 Å². The molecule has 3 aromatic carbocycles. The number of ether oxygens (including phenoxy) is 1. The summed E-state index contributed by atoms with van der Waals surface area (Å²) in [6, 6.07) is 21.3. The first-order valence-electron chi connectivity index (χ1n) is 7.60. The predicted octanol–water partition coefficient (Wildman–Crippen LogP) is 3.42. The minimum Gasteiger partial charge on any atom is -0.453 e. The zero-order valence-corrected chi connectivity index (χ0v) is 12.3. The lowest BCUT2D eigenvalue weighted by Gasteiger charge is -2.38. The number of hydrogen-bond donors (Lipinski definition) is 0. The van der Waals surface area contributed by atoms with E-state index in [1.807, 2.05) is 12.1 Å². The molecule has 2 nitrogen and oxygen atoms in total.